The molecule has 0 unspecified atom stereocenters. The summed E-state index contributed by atoms with van der Waals surface area (Å²) < 4.78 is 18.3. The van der Waals surface area contributed by atoms with E-state index in [0.717, 1.165) is 19.1 Å². The van der Waals surface area contributed by atoms with Crippen molar-refractivity contribution in [1.29, 1.82) is 0 Å². The number of hydrogen-bond donors (Lipinski definition) is 0. The van der Waals surface area contributed by atoms with Crippen molar-refractivity contribution in [3.63, 3.8) is 0 Å². The van der Waals surface area contributed by atoms with Gasteiger partial charge in [0.2, 0.25) is 0 Å². The third kappa shape index (κ3) is 11.4. The van der Waals surface area contributed by atoms with Gasteiger partial charge in [0.05, 0.1) is 6.10 Å². The van der Waals surface area contributed by atoms with Crippen LogP contribution in [-0.4, -0.2) is 34.2 Å². The maximum absolute atomic E-state index is 6.23. The average Bonchev–Trinajstić information content (AvgIpc) is 2.76. The summed E-state index contributed by atoms with van der Waals surface area (Å²) in [5.41, 5.74) is 3.04. The van der Waals surface area contributed by atoms with Gasteiger partial charge in [0.1, 0.15) is 0 Å². The summed E-state index contributed by atoms with van der Waals surface area (Å²) in [6.45, 7) is 11.5. The van der Waals surface area contributed by atoms with Gasteiger partial charge in [-0.2, -0.15) is 0 Å². The number of ether oxygens (including phenoxy) is 1. The van der Waals surface area contributed by atoms with Crippen LogP contribution in [0.2, 0.25) is 6.04 Å². The van der Waals surface area contributed by atoms with Crippen molar-refractivity contribution < 1.29 is 13.6 Å². The van der Waals surface area contributed by atoms with E-state index in [1.54, 1.807) is 0 Å². The van der Waals surface area contributed by atoms with Crippen LogP contribution in [0.15, 0.2) is 24.3 Å². The third-order valence-corrected chi connectivity index (χ3v) is 9.06. The van der Waals surface area contributed by atoms with Crippen molar-refractivity contribution in [2.45, 2.75) is 136 Å². The Bertz CT molecular complexity index is 569. The summed E-state index contributed by atoms with van der Waals surface area (Å²) in [5, 5.41) is 0. The lowest BCUT2D eigenvalue weighted by Crippen LogP contribution is -2.30. The number of aryl methyl sites for hydroxylation is 1. The van der Waals surface area contributed by atoms with E-state index in [-0.39, 0.29) is 12.2 Å². The zero-order valence-corrected chi connectivity index (χ0v) is 22.8. The molecule has 32 heavy (non-hydrogen) atoms. The molecule has 0 N–H and O–H groups in total. The highest BCUT2D eigenvalue weighted by atomic mass is 28.3. The van der Waals surface area contributed by atoms with Gasteiger partial charge in [-0.3, -0.25) is 0 Å². The fourth-order valence-corrected chi connectivity index (χ4v) is 6.78. The molecule has 1 aliphatic rings. The zero-order chi connectivity index (χ0) is 23.2. The molecule has 4 heteroatoms. The first kappa shape index (κ1) is 27.6. The molecule has 0 atom stereocenters. The molecule has 0 radical (unpaired) electrons. The van der Waals surface area contributed by atoms with Crippen molar-refractivity contribution in [2.75, 3.05) is 6.61 Å². The Hall–Kier alpha value is -0.683. The number of hydrogen-bond acceptors (Lipinski definition) is 3. The van der Waals surface area contributed by atoms with Crippen LogP contribution in [0.5, 0.6) is 0 Å². The van der Waals surface area contributed by atoms with E-state index in [0.29, 0.717) is 12.0 Å². The summed E-state index contributed by atoms with van der Waals surface area (Å²) in [6, 6.07) is 10.6. The van der Waals surface area contributed by atoms with E-state index in [1.165, 1.54) is 75.3 Å². The zero-order valence-electron chi connectivity index (χ0n) is 21.6. The van der Waals surface area contributed by atoms with Crippen LogP contribution in [0.1, 0.15) is 116 Å². The molecular formula is C28H50O3Si. The molecule has 0 aromatic heterocycles. The third-order valence-electron chi connectivity index (χ3n) is 6.48. The van der Waals surface area contributed by atoms with Crippen molar-refractivity contribution in [1.82, 2.24) is 0 Å². The fraction of sp³-hybridized carbons (Fsp3) is 0.786. The van der Waals surface area contributed by atoms with E-state index in [9.17, 15) is 0 Å². The van der Waals surface area contributed by atoms with Gasteiger partial charge >= 0.3 is 9.28 Å². The van der Waals surface area contributed by atoms with Gasteiger partial charge in [-0.15, -0.1) is 0 Å². The Labute approximate surface area is 200 Å². The maximum Gasteiger partial charge on any atom is 0.321 e. The number of unbranched alkanes of at least 4 members (excludes halogenated alkanes) is 4. The molecule has 0 saturated heterocycles. The average molecular weight is 463 g/mol. The van der Waals surface area contributed by atoms with E-state index in [1.807, 2.05) is 0 Å². The molecule has 1 saturated carbocycles. The predicted octanol–water partition coefficient (Wildman–Crippen LogP) is 7.70. The molecule has 0 amide bonds. The first-order valence-electron chi connectivity index (χ1n) is 13.5. The Kier molecular flexibility index (Phi) is 13.8. The highest BCUT2D eigenvalue weighted by molar-refractivity contribution is 6.44. The second kappa shape index (κ2) is 16.0. The van der Waals surface area contributed by atoms with Gasteiger partial charge in [-0.1, -0.05) is 56.9 Å². The second-order valence-corrected chi connectivity index (χ2v) is 12.2. The lowest BCUT2D eigenvalue weighted by molar-refractivity contribution is 0.0237. The van der Waals surface area contributed by atoms with Gasteiger partial charge in [-0.05, 0) is 95.7 Å². The normalized spacial score (nSPS) is 19.4. The summed E-state index contributed by atoms with van der Waals surface area (Å²) in [7, 11) is -1.57. The summed E-state index contributed by atoms with van der Waals surface area (Å²) >= 11 is 0. The van der Waals surface area contributed by atoms with Crippen LogP contribution in [-0.2, 0) is 20.0 Å². The molecule has 3 nitrogen and oxygen atoms in total. The lowest BCUT2D eigenvalue weighted by atomic mass is 9.82. The van der Waals surface area contributed by atoms with Gasteiger partial charge in [0.25, 0.3) is 0 Å². The van der Waals surface area contributed by atoms with Crippen LogP contribution >= 0.6 is 0 Å². The molecule has 184 valence electrons. The molecule has 0 bridgehead atoms. The van der Waals surface area contributed by atoms with Crippen LogP contribution in [0, 0.1) is 0 Å². The lowest BCUT2D eigenvalue weighted by Gasteiger charge is -2.29. The van der Waals surface area contributed by atoms with Crippen molar-refractivity contribution in [2.24, 2.45) is 0 Å². The Morgan fingerprint density at radius 3 is 2.03 bits per heavy atom. The quantitative estimate of drug-likeness (QED) is 0.186. The summed E-state index contributed by atoms with van der Waals surface area (Å²) in [5.74, 6) is 0.712. The van der Waals surface area contributed by atoms with Gasteiger partial charge in [-0.25, -0.2) is 0 Å². The monoisotopic (exact) mass is 462 g/mol. The van der Waals surface area contributed by atoms with E-state index in [2.05, 4.69) is 58.9 Å². The molecule has 1 aromatic rings. The molecule has 0 aliphatic heterocycles. The Morgan fingerprint density at radius 1 is 0.812 bits per heavy atom. The topological polar surface area (TPSA) is 27.7 Å². The molecule has 0 heterocycles. The Balaban J connectivity index is 1.62. The minimum atomic E-state index is -1.57. The molecular weight excluding hydrogens is 412 g/mol. The highest BCUT2D eigenvalue weighted by Gasteiger charge is 2.23. The van der Waals surface area contributed by atoms with Crippen molar-refractivity contribution in [3.05, 3.63) is 35.4 Å². The minimum absolute atomic E-state index is 0.251. The van der Waals surface area contributed by atoms with Gasteiger partial charge in [0.15, 0.2) is 0 Å². The number of rotatable bonds is 16. The molecule has 2 rings (SSSR count). The van der Waals surface area contributed by atoms with Crippen LogP contribution in [0.3, 0.4) is 0 Å². The SMILES string of the molecule is CCCCCCCc1ccc(C2CCC(OCCC[SiH](OC(C)C)OC(C)C)CC2)cc1. The molecule has 0 spiro atoms. The van der Waals surface area contributed by atoms with E-state index in [4.69, 9.17) is 13.6 Å². The van der Waals surface area contributed by atoms with Crippen molar-refractivity contribution >= 4 is 9.28 Å². The standard InChI is InChI=1S/C28H50O3Si/c1-6-7-8-9-10-12-25-13-15-26(16-14-25)27-17-19-28(20-18-27)29-21-11-22-32(30-23(2)3)31-24(4)5/h13-16,23-24,27-28,32H,6-12,17-22H2,1-5H3. The van der Waals surface area contributed by atoms with Crippen LogP contribution < -0.4 is 0 Å². The smallest absolute Gasteiger partial charge is 0.321 e. The maximum atomic E-state index is 6.23. The molecule has 1 fully saturated rings. The summed E-state index contributed by atoms with van der Waals surface area (Å²) in [6.07, 6.45) is 14.9. The second-order valence-electron chi connectivity index (χ2n) is 10.2. The first-order chi connectivity index (χ1) is 15.5. The predicted molar refractivity (Wildman–Crippen MR) is 139 cm³/mol. The summed E-state index contributed by atoms with van der Waals surface area (Å²) in [4.78, 5) is 0. The highest BCUT2D eigenvalue weighted by Crippen LogP contribution is 2.34. The van der Waals surface area contributed by atoms with Gasteiger partial charge in [0, 0.05) is 18.8 Å². The van der Waals surface area contributed by atoms with E-state index >= 15 is 0 Å². The Morgan fingerprint density at radius 2 is 1.44 bits per heavy atom. The molecule has 1 aliphatic carbocycles. The minimum Gasteiger partial charge on any atom is -0.394 e. The van der Waals surface area contributed by atoms with Crippen LogP contribution in [0.4, 0.5) is 0 Å². The van der Waals surface area contributed by atoms with E-state index < -0.39 is 9.28 Å². The van der Waals surface area contributed by atoms with Crippen molar-refractivity contribution in [3.8, 4) is 0 Å². The largest absolute Gasteiger partial charge is 0.394 e. The molecule has 1 aromatic carbocycles. The van der Waals surface area contributed by atoms with Gasteiger partial charge < -0.3 is 13.6 Å². The number of benzene rings is 1. The first-order valence-corrected chi connectivity index (χ1v) is 15.2. The van der Waals surface area contributed by atoms with Crippen LogP contribution in [0.25, 0.3) is 0 Å². The fourth-order valence-electron chi connectivity index (χ4n) is 4.73.